The van der Waals surface area contributed by atoms with Crippen LogP contribution >= 0.6 is 0 Å². The van der Waals surface area contributed by atoms with Gasteiger partial charge < -0.3 is 24.1 Å². The minimum absolute atomic E-state index is 0.0864. The van der Waals surface area contributed by atoms with Gasteiger partial charge in [-0.3, -0.25) is 14.4 Å². The summed E-state index contributed by atoms with van der Waals surface area (Å²) in [6.07, 6.45) is -3.93. The minimum Gasteiger partial charge on any atom is -0.463 e. The van der Waals surface area contributed by atoms with E-state index in [9.17, 15) is 19.5 Å². The zero-order valence-corrected chi connectivity index (χ0v) is 11.5. The van der Waals surface area contributed by atoms with E-state index < -0.39 is 42.5 Å². The Labute approximate surface area is 115 Å². The summed E-state index contributed by atoms with van der Waals surface area (Å²) >= 11 is 0. The molecule has 8 heteroatoms. The number of hydrogen-bond acceptors (Lipinski definition) is 8. The highest BCUT2D eigenvalue weighted by Crippen LogP contribution is 2.24. The summed E-state index contributed by atoms with van der Waals surface area (Å²) in [7, 11) is 0. The largest absolute Gasteiger partial charge is 0.463 e. The van der Waals surface area contributed by atoms with Crippen molar-refractivity contribution in [1.29, 1.82) is 0 Å². The second-order valence-corrected chi connectivity index (χ2v) is 4.41. The Hall–Kier alpha value is -1.67. The van der Waals surface area contributed by atoms with Crippen molar-refractivity contribution in [1.82, 2.24) is 0 Å². The predicted molar refractivity (Wildman–Crippen MR) is 63.2 cm³/mol. The standard InChI is InChI=1S/C12H18O8/c1-6(13)17-5-9-4-10(18-7(2)14)11(12(16)20-9)19-8(3)15/h9-12,16H,4-5H2,1-3H3/t9-,10-,11+,12-/m0/s1. The normalized spacial score (nSPS) is 29.4. The average Bonchev–Trinajstić information content (AvgIpc) is 2.29. The molecule has 0 amide bonds. The predicted octanol–water partition coefficient (Wildman–Crippen LogP) is -0.480. The van der Waals surface area contributed by atoms with Crippen molar-refractivity contribution in [2.75, 3.05) is 6.61 Å². The van der Waals surface area contributed by atoms with Gasteiger partial charge in [0.15, 0.2) is 12.4 Å². The number of carbonyl (C=O) groups is 3. The van der Waals surface area contributed by atoms with Crippen molar-refractivity contribution in [2.24, 2.45) is 0 Å². The van der Waals surface area contributed by atoms with Crippen LogP contribution in [0.5, 0.6) is 0 Å². The lowest BCUT2D eigenvalue weighted by Crippen LogP contribution is -2.52. The molecule has 0 aliphatic carbocycles. The fraction of sp³-hybridized carbons (Fsp3) is 0.750. The molecule has 0 aromatic heterocycles. The van der Waals surface area contributed by atoms with Crippen molar-refractivity contribution in [2.45, 2.75) is 51.8 Å². The van der Waals surface area contributed by atoms with Gasteiger partial charge in [-0.1, -0.05) is 0 Å². The van der Waals surface area contributed by atoms with Crippen LogP contribution in [0, 0.1) is 0 Å². The van der Waals surface area contributed by atoms with E-state index in [2.05, 4.69) is 0 Å². The molecule has 1 aliphatic heterocycles. The molecule has 20 heavy (non-hydrogen) atoms. The van der Waals surface area contributed by atoms with E-state index in [4.69, 9.17) is 18.9 Å². The van der Waals surface area contributed by atoms with Crippen molar-refractivity contribution >= 4 is 17.9 Å². The molecule has 1 heterocycles. The first-order valence-electron chi connectivity index (χ1n) is 6.11. The second kappa shape index (κ2) is 7.20. The van der Waals surface area contributed by atoms with Gasteiger partial charge in [-0.2, -0.15) is 0 Å². The Bertz CT molecular complexity index is 380. The molecule has 0 bridgehead atoms. The summed E-state index contributed by atoms with van der Waals surface area (Å²) in [6, 6.07) is 0. The van der Waals surface area contributed by atoms with E-state index in [1.54, 1.807) is 0 Å². The van der Waals surface area contributed by atoms with Crippen LogP contribution in [0.4, 0.5) is 0 Å². The smallest absolute Gasteiger partial charge is 0.303 e. The highest BCUT2D eigenvalue weighted by Gasteiger charge is 2.42. The Morgan fingerprint density at radius 2 is 1.70 bits per heavy atom. The van der Waals surface area contributed by atoms with Gasteiger partial charge in [0.1, 0.15) is 12.7 Å². The average molecular weight is 290 g/mol. The third-order valence-corrected chi connectivity index (χ3v) is 2.57. The van der Waals surface area contributed by atoms with E-state index in [-0.39, 0.29) is 13.0 Å². The Morgan fingerprint density at radius 1 is 1.10 bits per heavy atom. The molecule has 8 nitrogen and oxygen atoms in total. The number of hydrogen-bond donors (Lipinski definition) is 1. The fourth-order valence-corrected chi connectivity index (χ4v) is 1.88. The highest BCUT2D eigenvalue weighted by molar-refractivity contribution is 5.67. The summed E-state index contributed by atoms with van der Waals surface area (Å²) in [4.78, 5) is 32.8. The van der Waals surface area contributed by atoms with E-state index in [0.29, 0.717) is 0 Å². The zero-order valence-electron chi connectivity index (χ0n) is 11.5. The van der Waals surface area contributed by atoms with Crippen LogP contribution in [0.2, 0.25) is 0 Å². The molecule has 0 radical (unpaired) electrons. The maximum Gasteiger partial charge on any atom is 0.303 e. The van der Waals surface area contributed by atoms with Crippen molar-refractivity contribution in [3.05, 3.63) is 0 Å². The maximum absolute atomic E-state index is 11.1. The van der Waals surface area contributed by atoms with Crippen LogP contribution in [-0.4, -0.2) is 54.2 Å². The fourth-order valence-electron chi connectivity index (χ4n) is 1.88. The van der Waals surface area contributed by atoms with E-state index in [0.717, 1.165) is 0 Å². The molecular formula is C12H18O8. The third kappa shape index (κ3) is 5.14. The van der Waals surface area contributed by atoms with E-state index in [1.807, 2.05) is 0 Å². The highest BCUT2D eigenvalue weighted by atomic mass is 16.7. The van der Waals surface area contributed by atoms with Gasteiger partial charge >= 0.3 is 17.9 Å². The van der Waals surface area contributed by atoms with Gasteiger partial charge in [0.2, 0.25) is 0 Å². The molecule has 1 N–H and O–H groups in total. The molecule has 4 atom stereocenters. The van der Waals surface area contributed by atoms with Gasteiger partial charge in [0.25, 0.3) is 0 Å². The number of aliphatic hydroxyl groups excluding tert-OH is 1. The molecule has 114 valence electrons. The summed E-state index contributed by atoms with van der Waals surface area (Å²) in [5.74, 6) is -1.70. The molecule has 0 unspecified atom stereocenters. The molecule has 1 fully saturated rings. The summed E-state index contributed by atoms with van der Waals surface area (Å²) < 4.78 is 19.9. The molecule has 0 aromatic rings. The first-order valence-corrected chi connectivity index (χ1v) is 6.11. The molecule has 1 aliphatic rings. The molecule has 0 saturated carbocycles. The van der Waals surface area contributed by atoms with Crippen molar-refractivity contribution < 1.29 is 38.4 Å². The lowest BCUT2D eigenvalue weighted by atomic mass is 10.0. The van der Waals surface area contributed by atoms with Crippen LogP contribution < -0.4 is 0 Å². The van der Waals surface area contributed by atoms with Crippen LogP contribution in [0.15, 0.2) is 0 Å². The molecule has 0 aromatic carbocycles. The van der Waals surface area contributed by atoms with E-state index >= 15 is 0 Å². The summed E-state index contributed by atoms with van der Waals surface area (Å²) in [6.45, 7) is 3.53. The van der Waals surface area contributed by atoms with Gasteiger partial charge in [-0.25, -0.2) is 0 Å². The lowest BCUT2D eigenvalue weighted by Gasteiger charge is -2.37. The van der Waals surface area contributed by atoms with Crippen LogP contribution in [0.25, 0.3) is 0 Å². The van der Waals surface area contributed by atoms with Crippen LogP contribution in [-0.2, 0) is 33.3 Å². The monoisotopic (exact) mass is 290 g/mol. The van der Waals surface area contributed by atoms with E-state index in [1.165, 1.54) is 20.8 Å². The number of aliphatic hydroxyl groups is 1. The third-order valence-electron chi connectivity index (χ3n) is 2.57. The second-order valence-electron chi connectivity index (χ2n) is 4.41. The van der Waals surface area contributed by atoms with Crippen molar-refractivity contribution in [3.8, 4) is 0 Å². The number of carbonyl (C=O) groups excluding carboxylic acids is 3. The van der Waals surface area contributed by atoms with Crippen LogP contribution in [0.3, 0.4) is 0 Å². The molecule has 0 spiro atoms. The topological polar surface area (TPSA) is 108 Å². The van der Waals surface area contributed by atoms with Gasteiger partial charge in [-0.15, -0.1) is 0 Å². The number of rotatable bonds is 4. The van der Waals surface area contributed by atoms with Gasteiger partial charge in [-0.05, 0) is 0 Å². The maximum atomic E-state index is 11.1. The van der Waals surface area contributed by atoms with Crippen molar-refractivity contribution in [3.63, 3.8) is 0 Å². The molecule has 1 saturated heterocycles. The Morgan fingerprint density at radius 3 is 2.20 bits per heavy atom. The first kappa shape index (κ1) is 16.4. The minimum atomic E-state index is -1.46. The van der Waals surface area contributed by atoms with Gasteiger partial charge in [0, 0.05) is 27.2 Å². The quantitative estimate of drug-likeness (QED) is 0.546. The Balaban J connectivity index is 2.71. The lowest BCUT2D eigenvalue weighted by molar-refractivity contribution is -0.263. The summed E-state index contributed by atoms with van der Waals surface area (Å²) in [5.41, 5.74) is 0. The SMILES string of the molecule is CC(=O)OC[C@@H]1C[C@H](OC(C)=O)[C@@H](OC(C)=O)[C@@H](O)O1. The molecule has 1 rings (SSSR count). The summed E-state index contributed by atoms with van der Waals surface area (Å²) in [5, 5.41) is 9.81. The number of ether oxygens (including phenoxy) is 4. The van der Waals surface area contributed by atoms with Gasteiger partial charge in [0.05, 0.1) is 6.10 Å². The Kier molecular flexibility index (Phi) is 5.90. The molecular weight excluding hydrogens is 272 g/mol. The van der Waals surface area contributed by atoms with Crippen LogP contribution in [0.1, 0.15) is 27.2 Å². The number of esters is 3. The zero-order chi connectivity index (χ0) is 15.3. The first-order chi connectivity index (χ1) is 9.29.